The number of sulfone groups is 1. The van der Waals surface area contributed by atoms with E-state index >= 15 is 0 Å². The van der Waals surface area contributed by atoms with Gasteiger partial charge in [-0.2, -0.15) is 0 Å². The molecule has 3 aromatic carbocycles. The Labute approximate surface area is 226 Å². The molecular formula is C28H27F2NO6S2. The van der Waals surface area contributed by atoms with Crippen LogP contribution in [0.4, 0.5) is 14.5 Å². The second kappa shape index (κ2) is 10.3. The molecule has 0 saturated heterocycles. The van der Waals surface area contributed by atoms with Gasteiger partial charge < -0.3 is 4.74 Å². The molecular weight excluding hydrogens is 548 g/mol. The molecule has 1 atom stereocenters. The lowest BCUT2D eigenvalue weighted by Crippen LogP contribution is -2.43. The van der Waals surface area contributed by atoms with Crippen LogP contribution in [-0.2, 0) is 24.7 Å². The number of nitrogens with zero attached hydrogens (tertiary/aromatic N) is 1. The molecule has 1 fully saturated rings. The van der Waals surface area contributed by atoms with E-state index in [4.69, 9.17) is 4.74 Å². The Kier molecular flexibility index (Phi) is 7.23. The average Bonchev–Trinajstić information content (AvgIpc) is 3.73. The first-order chi connectivity index (χ1) is 18.4. The van der Waals surface area contributed by atoms with Crippen molar-refractivity contribution in [2.45, 2.75) is 48.9 Å². The van der Waals surface area contributed by atoms with Gasteiger partial charge in [0, 0.05) is 18.1 Å². The summed E-state index contributed by atoms with van der Waals surface area (Å²) in [5.41, 5.74) is 1.34. The first-order valence-corrected chi connectivity index (χ1v) is 15.7. The number of anilines is 1. The Morgan fingerprint density at radius 1 is 1.00 bits per heavy atom. The van der Waals surface area contributed by atoms with E-state index in [-0.39, 0.29) is 41.3 Å². The largest absolute Gasteiger partial charge is 0.486 e. The fourth-order valence-corrected chi connectivity index (χ4v) is 7.93. The molecule has 0 spiro atoms. The third kappa shape index (κ3) is 5.84. The van der Waals surface area contributed by atoms with Crippen molar-refractivity contribution in [2.24, 2.45) is 0 Å². The Morgan fingerprint density at radius 3 is 2.46 bits per heavy atom. The van der Waals surface area contributed by atoms with E-state index in [2.05, 4.69) is 0 Å². The van der Waals surface area contributed by atoms with Crippen molar-refractivity contribution in [3.8, 4) is 16.9 Å². The summed E-state index contributed by atoms with van der Waals surface area (Å²) in [7, 11) is -7.55. The molecule has 2 aliphatic rings. The molecule has 11 heteroatoms. The second-order valence-electron chi connectivity index (χ2n) is 9.98. The van der Waals surface area contributed by atoms with Crippen molar-refractivity contribution in [3.05, 3.63) is 77.9 Å². The van der Waals surface area contributed by atoms with E-state index in [1.54, 1.807) is 25.1 Å². The highest BCUT2D eigenvalue weighted by Crippen LogP contribution is 2.41. The predicted molar refractivity (Wildman–Crippen MR) is 143 cm³/mol. The van der Waals surface area contributed by atoms with Crippen molar-refractivity contribution in [2.75, 3.05) is 16.6 Å². The van der Waals surface area contributed by atoms with Crippen LogP contribution in [0.15, 0.2) is 65.6 Å². The van der Waals surface area contributed by atoms with Crippen molar-refractivity contribution in [1.82, 2.24) is 0 Å². The number of halogens is 2. The van der Waals surface area contributed by atoms with Crippen molar-refractivity contribution < 1.29 is 35.1 Å². The summed E-state index contributed by atoms with van der Waals surface area (Å²) in [6.45, 7) is 1.63. The Morgan fingerprint density at radius 2 is 1.77 bits per heavy atom. The van der Waals surface area contributed by atoms with Crippen LogP contribution in [-0.4, -0.2) is 46.3 Å². The topological polar surface area (TPSA) is 97.8 Å². The quantitative estimate of drug-likeness (QED) is 0.363. The van der Waals surface area contributed by atoms with Crippen LogP contribution < -0.4 is 9.04 Å². The third-order valence-electron chi connectivity index (χ3n) is 6.85. The van der Waals surface area contributed by atoms with Gasteiger partial charge in [0.1, 0.15) is 35.0 Å². The zero-order valence-electron chi connectivity index (χ0n) is 21.1. The van der Waals surface area contributed by atoms with Gasteiger partial charge in [-0.15, -0.1) is 0 Å². The lowest BCUT2D eigenvalue weighted by molar-refractivity contribution is -0.117. The lowest BCUT2D eigenvalue weighted by atomic mass is 10.0. The third-order valence-corrected chi connectivity index (χ3v) is 10.8. The number of ether oxygens (including phenoxy) is 1. The highest BCUT2D eigenvalue weighted by atomic mass is 32.2. The normalized spacial score (nSPS) is 17.4. The molecule has 1 saturated carbocycles. The summed E-state index contributed by atoms with van der Waals surface area (Å²) in [4.78, 5) is 12.5. The Balaban J connectivity index is 1.47. The Bertz CT molecular complexity index is 1650. The summed E-state index contributed by atoms with van der Waals surface area (Å²) in [5.74, 6) is -2.28. The summed E-state index contributed by atoms with van der Waals surface area (Å²) >= 11 is 0. The summed E-state index contributed by atoms with van der Waals surface area (Å²) in [6.07, 6.45) is 0.468. The molecule has 3 aromatic rings. The number of hydrogen-bond acceptors (Lipinski definition) is 6. The van der Waals surface area contributed by atoms with Gasteiger partial charge in [-0.1, -0.05) is 18.2 Å². The minimum Gasteiger partial charge on any atom is -0.486 e. The van der Waals surface area contributed by atoms with Crippen LogP contribution in [0.1, 0.15) is 31.2 Å². The fraction of sp³-hybridized carbons (Fsp3) is 0.321. The predicted octanol–water partition coefficient (Wildman–Crippen LogP) is 4.82. The highest BCUT2D eigenvalue weighted by Gasteiger charge is 2.38. The average molecular weight is 576 g/mol. The van der Waals surface area contributed by atoms with Gasteiger partial charge in [0.05, 0.1) is 22.4 Å². The molecule has 39 heavy (non-hydrogen) atoms. The molecule has 1 heterocycles. The number of fused-ring (bicyclic) bond motifs is 1. The van der Waals surface area contributed by atoms with E-state index in [0.717, 1.165) is 17.7 Å². The number of carbonyl (C=O) groups is 1. The second-order valence-corrected chi connectivity index (χ2v) is 14.1. The Hall–Kier alpha value is -3.31. The number of ketones is 1. The number of Topliss-reactive ketones (excluding diaryl/α,β-unsaturated/α-hetero) is 1. The standard InChI is InChI=1S/C28H27F2NO6S2/c1-18-3-2-4-24(13-18)39(35,36)31-16-22(8-7-21(32)17-38(33,34)23-9-10-23)37-28-12-5-19(14-27(28)31)25-11-6-20(29)15-26(25)30/h2-6,11-15,22-23H,7-10,16-17H2,1H3/t22-/m0/s1. The summed E-state index contributed by atoms with van der Waals surface area (Å²) < 4.78 is 87.2. The highest BCUT2D eigenvalue weighted by molar-refractivity contribution is 7.93. The summed E-state index contributed by atoms with van der Waals surface area (Å²) in [5, 5.41) is -0.436. The van der Waals surface area contributed by atoms with Gasteiger partial charge in [-0.05, 0) is 73.7 Å². The van der Waals surface area contributed by atoms with Gasteiger partial charge in [0.2, 0.25) is 0 Å². The van der Waals surface area contributed by atoms with Crippen LogP contribution in [0.2, 0.25) is 0 Å². The van der Waals surface area contributed by atoms with Crippen molar-refractivity contribution >= 4 is 31.3 Å². The fourth-order valence-electron chi connectivity index (χ4n) is 4.65. The molecule has 0 radical (unpaired) electrons. The summed E-state index contributed by atoms with van der Waals surface area (Å²) in [6, 6.07) is 14.1. The van der Waals surface area contributed by atoms with Crippen LogP contribution >= 0.6 is 0 Å². The van der Waals surface area contributed by atoms with E-state index in [9.17, 15) is 30.4 Å². The molecule has 1 aliphatic carbocycles. The monoisotopic (exact) mass is 575 g/mol. The van der Waals surface area contributed by atoms with E-state index < -0.39 is 54.4 Å². The van der Waals surface area contributed by atoms with Gasteiger partial charge in [0.15, 0.2) is 9.84 Å². The number of benzene rings is 3. The first kappa shape index (κ1) is 27.3. The maximum Gasteiger partial charge on any atom is 0.264 e. The molecule has 0 bridgehead atoms. The van der Waals surface area contributed by atoms with Crippen LogP contribution in [0.25, 0.3) is 11.1 Å². The van der Waals surface area contributed by atoms with E-state index in [0.29, 0.717) is 18.4 Å². The minimum atomic E-state index is -4.10. The molecule has 0 N–H and O–H groups in total. The van der Waals surface area contributed by atoms with Gasteiger partial charge in [0.25, 0.3) is 10.0 Å². The van der Waals surface area contributed by atoms with E-state index in [1.165, 1.54) is 34.6 Å². The number of aryl methyl sites for hydroxylation is 1. The number of hydrogen-bond donors (Lipinski definition) is 0. The molecule has 0 aromatic heterocycles. The molecule has 7 nitrogen and oxygen atoms in total. The first-order valence-electron chi connectivity index (χ1n) is 12.5. The zero-order valence-corrected chi connectivity index (χ0v) is 22.8. The zero-order chi connectivity index (χ0) is 27.9. The molecule has 1 aliphatic heterocycles. The lowest BCUT2D eigenvalue weighted by Gasteiger charge is -2.36. The minimum absolute atomic E-state index is 0.0547. The van der Waals surface area contributed by atoms with Gasteiger partial charge in [-0.25, -0.2) is 25.6 Å². The van der Waals surface area contributed by atoms with Crippen molar-refractivity contribution in [1.29, 1.82) is 0 Å². The van der Waals surface area contributed by atoms with Gasteiger partial charge >= 0.3 is 0 Å². The SMILES string of the molecule is Cc1cccc(S(=O)(=O)N2C[C@H](CCC(=O)CS(=O)(=O)C3CC3)Oc3ccc(-c4ccc(F)cc4F)cc32)c1. The maximum atomic E-state index is 14.5. The van der Waals surface area contributed by atoms with Crippen LogP contribution in [0.3, 0.4) is 0 Å². The van der Waals surface area contributed by atoms with Crippen LogP contribution in [0, 0.1) is 18.6 Å². The van der Waals surface area contributed by atoms with Crippen LogP contribution in [0.5, 0.6) is 5.75 Å². The number of sulfonamides is 1. The molecule has 5 rings (SSSR count). The number of rotatable bonds is 9. The number of carbonyl (C=O) groups excluding carboxylic acids is 1. The molecule has 206 valence electrons. The smallest absolute Gasteiger partial charge is 0.264 e. The van der Waals surface area contributed by atoms with Crippen molar-refractivity contribution in [3.63, 3.8) is 0 Å². The van der Waals surface area contributed by atoms with E-state index in [1.807, 2.05) is 0 Å². The van der Waals surface area contributed by atoms with Gasteiger partial charge in [-0.3, -0.25) is 9.10 Å². The maximum absolute atomic E-state index is 14.5. The molecule has 0 amide bonds. The molecule has 0 unspecified atom stereocenters.